The molecule has 2 N–H and O–H groups in total. The first-order chi connectivity index (χ1) is 9.61. The summed E-state index contributed by atoms with van der Waals surface area (Å²) in [5, 5.41) is 19.8. The van der Waals surface area contributed by atoms with Gasteiger partial charge in [-0.1, -0.05) is 31.4 Å². The van der Waals surface area contributed by atoms with Crippen LogP contribution in [0.2, 0.25) is 0 Å². The van der Waals surface area contributed by atoms with Gasteiger partial charge in [0.15, 0.2) is 0 Å². The number of hydrogen-bond donors (Lipinski definition) is 2. The molecule has 2 aliphatic rings. The highest BCUT2D eigenvalue weighted by atomic mass is 16.4. The van der Waals surface area contributed by atoms with E-state index in [9.17, 15) is 15.0 Å². The maximum absolute atomic E-state index is 11.8. The minimum Gasteiger partial charge on any atom is -0.506 e. The van der Waals surface area contributed by atoms with Crippen LogP contribution in [0.15, 0.2) is 18.2 Å². The van der Waals surface area contributed by atoms with Crippen molar-refractivity contribution >= 4 is 11.7 Å². The largest absolute Gasteiger partial charge is 0.506 e. The van der Waals surface area contributed by atoms with Crippen LogP contribution in [0.3, 0.4) is 0 Å². The molecular weight excluding hydrogens is 254 g/mol. The van der Waals surface area contributed by atoms with E-state index >= 15 is 0 Å². The standard InChI is InChI=1S/C16H21NO3/c1-17-12-8-4-2-3-6-10(12)14(16(19)20)11-7-5-9-13(18)15(11)17/h5,7,9-10,12,14,18H,2-4,6,8H2,1H3,(H,19,20). The summed E-state index contributed by atoms with van der Waals surface area (Å²) < 4.78 is 0. The molecule has 1 aliphatic heterocycles. The molecule has 1 aliphatic carbocycles. The zero-order valence-corrected chi connectivity index (χ0v) is 11.7. The molecule has 4 heteroatoms. The smallest absolute Gasteiger partial charge is 0.311 e. The summed E-state index contributed by atoms with van der Waals surface area (Å²) in [6.07, 6.45) is 5.39. The minimum atomic E-state index is -0.762. The van der Waals surface area contributed by atoms with Gasteiger partial charge in [0.25, 0.3) is 0 Å². The Morgan fingerprint density at radius 3 is 2.75 bits per heavy atom. The zero-order valence-electron chi connectivity index (χ0n) is 11.7. The lowest BCUT2D eigenvalue weighted by Crippen LogP contribution is -2.46. The number of aromatic hydroxyl groups is 1. The fourth-order valence-electron chi connectivity index (χ4n) is 4.08. The zero-order chi connectivity index (χ0) is 14.3. The van der Waals surface area contributed by atoms with Crippen LogP contribution in [-0.2, 0) is 4.79 Å². The topological polar surface area (TPSA) is 60.8 Å². The van der Waals surface area contributed by atoms with E-state index in [0.29, 0.717) is 5.69 Å². The summed E-state index contributed by atoms with van der Waals surface area (Å²) in [6.45, 7) is 0. The van der Waals surface area contributed by atoms with Crippen molar-refractivity contribution in [2.75, 3.05) is 11.9 Å². The highest BCUT2D eigenvalue weighted by Gasteiger charge is 2.44. The van der Waals surface area contributed by atoms with E-state index in [1.807, 2.05) is 13.1 Å². The average molecular weight is 275 g/mol. The van der Waals surface area contributed by atoms with E-state index in [1.165, 1.54) is 6.42 Å². The van der Waals surface area contributed by atoms with Gasteiger partial charge in [-0.3, -0.25) is 4.79 Å². The summed E-state index contributed by atoms with van der Waals surface area (Å²) >= 11 is 0. The lowest BCUT2D eigenvalue weighted by atomic mass is 9.74. The van der Waals surface area contributed by atoms with E-state index in [1.54, 1.807) is 12.1 Å². The van der Waals surface area contributed by atoms with Gasteiger partial charge in [0, 0.05) is 13.1 Å². The number of aliphatic carboxylic acids is 1. The number of hydrogen-bond acceptors (Lipinski definition) is 3. The van der Waals surface area contributed by atoms with Crippen molar-refractivity contribution in [3.05, 3.63) is 23.8 Å². The quantitative estimate of drug-likeness (QED) is 0.827. The number of benzene rings is 1. The molecule has 20 heavy (non-hydrogen) atoms. The van der Waals surface area contributed by atoms with Crippen LogP contribution in [0.25, 0.3) is 0 Å². The first-order valence-corrected chi connectivity index (χ1v) is 7.38. The van der Waals surface area contributed by atoms with Crippen LogP contribution in [0, 0.1) is 5.92 Å². The Balaban J connectivity index is 2.14. The molecule has 0 aromatic heterocycles. The van der Waals surface area contributed by atoms with Crippen LogP contribution < -0.4 is 4.90 Å². The molecule has 0 saturated heterocycles. The Kier molecular flexibility index (Phi) is 3.32. The second kappa shape index (κ2) is 5.00. The first-order valence-electron chi connectivity index (χ1n) is 7.38. The van der Waals surface area contributed by atoms with Gasteiger partial charge in [0.2, 0.25) is 0 Å². The molecule has 1 fully saturated rings. The highest BCUT2D eigenvalue weighted by Crippen LogP contribution is 2.49. The number of carboxylic acids is 1. The number of carbonyl (C=O) groups is 1. The number of carboxylic acid groups (broad SMARTS) is 1. The Labute approximate surface area is 119 Å². The number of para-hydroxylation sites is 1. The van der Waals surface area contributed by atoms with Crippen LogP contribution in [-0.4, -0.2) is 29.3 Å². The molecule has 0 radical (unpaired) electrons. The number of rotatable bonds is 1. The molecule has 0 amide bonds. The third kappa shape index (κ3) is 1.94. The first kappa shape index (κ1) is 13.3. The van der Waals surface area contributed by atoms with Crippen LogP contribution in [0.4, 0.5) is 5.69 Å². The molecule has 1 saturated carbocycles. The Morgan fingerprint density at radius 2 is 2.00 bits per heavy atom. The van der Waals surface area contributed by atoms with Gasteiger partial charge < -0.3 is 15.1 Å². The molecule has 1 aromatic rings. The van der Waals surface area contributed by atoms with E-state index in [2.05, 4.69) is 4.90 Å². The highest BCUT2D eigenvalue weighted by molar-refractivity contribution is 5.83. The lowest BCUT2D eigenvalue weighted by molar-refractivity contribution is -0.140. The Morgan fingerprint density at radius 1 is 1.25 bits per heavy atom. The van der Waals surface area contributed by atoms with Crippen LogP contribution in [0.5, 0.6) is 5.75 Å². The van der Waals surface area contributed by atoms with Crippen molar-refractivity contribution in [1.82, 2.24) is 0 Å². The minimum absolute atomic E-state index is 0.147. The van der Waals surface area contributed by atoms with Gasteiger partial charge in [0.1, 0.15) is 5.75 Å². The molecule has 1 heterocycles. The van der Waals surface area contributed by atoms with Gasteiger partial charge in [-0.2, -0.15) is 0 Å². The lowest BCUT2D eigenvalue weighted by Gasteiger charge is -2.44. The number of nitrogens with zero attached hydrogens (tertiary/aromatic N) is 1. The van der Waals surface area contributed by atoms with E-state index < -0.39 is 11.9 Å². The molecule has 3 rings (SSSR count). The second-order valence-electron chi connectivity index (χ2n) is 6.01. The van der Waals surface area contributed by atoms with Gasteiger partial charge in [-0.15, -0.1) is 0 Å². The summed E-state index contributed by atoms with van der Waals surface area (Å²) in [5.74, 6) is -0.911. The Bertz CT molecular complexity index is 528. The van der Waals surface area contributed by atoms with Gasteiger partial charge in [-0.05, 0) is 30.4 Å². The Hall–Kier alpha value is -1.71. The number of phenols is 1. The number of anilines is 1. The maximum atomic E-state index is 11.8. The number of phenolic OH excluding ortho intramolecular Hbond substituents is 1. The summed E-state index contributed by atoms with van der Waals surface area (Å²) in [6, 6.07) is 5.46. The molecule has 4 nitrogen and oxygen atoms in total. The van der Waals surface area contributed by atoms with E-state index in [0.717, 1.165) is 31.2 Å². The summed E-state index contributed by atoms with van der Waals surface area (Å²) in [5.41, 5.74) is 1.48. The van der Waals surface area contributed by atoms with E-state index in [-0.39, 0.29) is 17.7 Å². The molecule has 108 valence electrons. The second-order valence-corrected chi connectivity index (χ2v) is 6.01. The predicted molar refractivity (Wildman–Crippen MR) is 77.2 cm³/mol. The van der Waals surface area contributed by atoms with E-state index in [4.69, 9.17) is 0 Å². The van der Waals surface area contributed by atoms with Crippen LogP contribution in [0.1, 0.15) is 43.6 Å². The maximum Gasteiger partial charge on any atom is 0.311 e. The normalized spacial score (nSPS) is 29.2. The van der Waals surface area contributed by atoms with Gasteiger partial charge in [-0.25, -0.2) is 0 Å². The van der Waals surface area contributed by atoms with Crippen molar-refractivity contribution in [3.63, 3.8) is 0 Å². The fraction of sp³-hybridized carbons (Fsp3) is 0.562. The van der Waals surface area contributed by atoms with Crippen molar-refractivity contribution in [3.8, 4) is 5.75 Å². The third-order valence-corrected chi connectivity index (χ3v) is 4.96. The summed E-state index contributed by atoms with van der Waals surface area (Å²) in [4.78, 5) is 13.9. The molecule has 0 bridgehead atoms. The molecular formula is C16H21NO3. The molecule has 0 spiro atoms. The number of fused-ring (bicyclic) bond motifs is 2. The molecule has 3 unspecified atom stereocenters. The van der Waals surface area contributed by atoms with Gasteiger partial charge in [0.05, 0.1) is 11.6 Å². The van der Waals surface area contributed by atoms with Crippen molar-refractivity contribution in [1.29, 1.82) is 0 Å². The average Bonchev–Trinajstić information content (AvgIpc) is 2.64. The molecule has 3 atom stereocenters. The molecule has 1 aromatic carbocycles. The third-order valence-electron chi connectivity index (χ3n) is 4.96. The predicted octanol–water partition coefficient (Wildman–Crippen LogP) is 2.96. The van der Waals surface area contributed by atoms with Crippen LogP contribution >= 0.6 is 0 Å². The van der Waals surface area contributed by atoms with Crippen molar-refractivity contribution in [2.24, 2.45) is 5.92 Å². The summed E-state index contributed by atoms with van der Waals surface area (Å²) in [7, 11) is 1.99. The monoisotopic (exact) mass is 275 g/mol. The van der Waals surface area contributed by atoms with Crippen molar-refractivity contribution in [2.45, 2.75) is 44.1 Å². The van der Waals surface area contributed by atoms with Crippen molar-refractivity contribution < 1.29 is 15.0 Å². The van der Waals surface area contributed by atoms with Gasteiger partial charge >= 0.3 is 5.97 Å². The fourth-order valence-corrected chi connectivity index (χ4v) is 4.08. The SMILES string of the molecule is CN1c2c(O)cccc2C(C(=O)O)C2CCCCCC21.